The number of carboxylic acid groups (broad SMARTS) is 1. The van der Waals surface area contributed by atoms with Crippen molar-refractivity contribution in [2.45, 2.75) is 87.6 Å². The Bertz CT molecular complexity index is 711. The number of carboxylic acids is 1. The number of carbonyl (C=O) groups excluding carboxylic acids is 2. The van der Waals surface area contributed by atoms with Crippen LogP contribution in [-0.2, 0) is 28.6 Å². The van der Waals surface area contributed by atoms with E-state index in [-0.39, 0.29) is 0 Å². The first-order chi connectivity index (χ1) is 15.3. The molecule has 0 aromatic carbocycles. The second-order valence-electron chi connectivity index (χ2n) is 8.03. The lowest BCUT2D eigenvalue weighted by atomic mass is 9.95. The minimum Gasteiger partial charge on any atom is -0.480 e. The highest BCUT2D eigenvalue weighted by molar-refractivity contribution is 5.84. The van der Waals surface area contributed by atoms with Gasteiger partial charge >= 0.3 is 5.97 Å². The molecule has 15 nitrogen and oxygen atoms in total. The van der Waals surface area contributed by atoms with Crippen molar-refractivity contribution >= 4 is 17.8 Å². The zero-order valence-corrected chi connectivity index (χ0v) is 18.0. The van der Waals surface area contributed by atoms with Gasteiger partial charge in [-0.2, -0.15) is 0 Å². The fourth-order valence-electron chi connectivity index (χ4n) is 3.47. The lowest BCUT2D eigenvalue weighted by Gasteiger charge is -2.44. The topological polar surface area (TPSA) is 250 Å². The predicted octanol–water partition coefficient (Wildman–Crippen LogP) is -5.30. The summed E-state index contributed by atoms with van der Waals surface area (Å²) in [5, 5.41) is 64.1. The smallest absolute Gasteiger partial charge is 0.321 e. The van der Waals surface area contributed by atoms with Gasteiger partial charge in [0.15, 0.2) is 12.5 Å². The molecular weight excluding hydrogens is 450 g/mol. The molecule has 0 unspecified atom stereocenters. The minimum atomic E-state index is -1.64. The highest BCUT2D eigenvalue weighted by Gasteiger charge is 2.47. The quantitative estimate of drug-likeness (QED) is 0.157. The second-order valence-corrected chi connectivity index (χ2v) is 8.03. The molecule has 2 amide bonds. The maximum atomic E-state index is 12.2. The van der Waals surface area contributed by atoms with E-state index >= 15 is 0 Å². The number of ether oxygens (including phenoxy) is 3. The largest absolute Gasteiger partial charge is 0.480 e. The van der Waals surface area contributed by atoms with Crippen LogP contribution in [0.15, 0.2) is 0 Å². The Morgan fingerprint density at radius 1 is 0.970 bits per heavy atom. The van der Waals surface area contributed by atoms with E-state index in [0.29, 0.717) is 0 Å². The third-order valence-corrected chi connectivity index (χ3v) is 5.38. The molecule has 2 aliphatic heterocycles. The van der Waals surface area contributed by atoms with Crippen LogP contribution in [0.3, 0.4) is 0 Å². The monoisotopic (exact) mass is 481 g/mol. The summed E-state index contributed by atoms with van der Waals surface area (Å²) >= 11 is 0. The first-order valence-corrected chi connectivity index (χ1v) is 10.2. The van der Waals surface area contributed by atoms with E-state index in [1.807, 2.05) is 0 Å². The Labute approximate surface area is 188 Å². The summed E-state index contributed by atoms with van der Waals surface area (Å²) in [5.74, 6) is -2.88. The molecule has 190 valence electrons. The number of amides is 2. The zero-order valence-electron chi connectivity index (χ0n) is 18.0. The van der Waals surface area contributed by atoms with Crippen LogP contribution in [0, 0.1) is 0 Å². The Morgan fingerprint density at radius 2 is 1.61 bits per heavy atom. The van der Waals surface area contributed by atoms with Gasteiger partial charge in [-0.25, -0.2) is 0 Å². The zero-order chi connectivity index (χ0) is 25.0. The van der Waals surface area contributed by atoms with Gasteiger partial charge in [0.25, 0.3) is 0 Å². The fourth-order valence-corrected chi connectivity index (χ4v) is 3.47. The van der Waals surface area contributed by atoms with Gasteiger partial charge in [0.05, 0.1) is 19.1 Å². The number of nitrogens with one attached hydrogen (secondary N) is 2. The van der Waals surface area contributed by atoms with Gasteiger partial charge < -0.3 is 61.2 Å². The van der Waals surface area contributed by atoms with Crippen molar-refractivity contribution in [3.05, 3.63) is 0 Å². The van der Waals surface area contributed by atoms with Gasteiger partial charge in [0.2, 0.25) is 11.8 Å². The van der Waals surface area contributed by atoms with E-state index in [1.54, 1.807) is 0 Å². The molecule has 0 aliphatic carbocycles. The number of hydrogen-bond donors (Lipinski definition) is 9. The van der Waals surface area contributed by atoms with E-state index in [4.69, 9.17) is 25.1 Å². The van der Waals surface area contributed by atoms with Crippen molar-refractivity contribution in [2.24, 2.45) is 5.73 Å². The molecule has 2 aliphatic rings. The van der Waals surface area contributed by atoms with Crippen LogP contribution in [0.4, 0.5) is 0 Å². The van der Waals surface area contributed by atoms with Gasteiger partial charge in [-0.05, 0) is 6.92 Å². The number of carbonyl (C=O) groups is 3. The molecular formula is C18H31N3O12. The number of rotatable bonds is 8. The number of aliphatic carboxylic acids is 1. The summed E-state index contributed by atoms with van der Waals surface area (Å²) < 4.78 is 16.2. The van der Waals surface area contributed by atoms with Gasteiger partial charge in [-0.15, -0.1) is 0 Å². The predicted molar refractivity (Wildman–Crippen MR) is 105 cm³/mol. The summed E-state index contributed by atoms with van der Waals surface area (Å²) in [7, 11) is 0. The molecule has 2 fully saturated rings. The highest BCUT2D eigenvalue weighted by Crippen LogP contribution is 2.25. The molecule has 2 rings (SSSR count). The summed E-state index contributed by atoms with van der Waals surface area (Å²) in [6, 6.07) is -2.80. The molecule has 0 bridgehead atoms. The average molecular weight is 481 g/mol. The number of aliphatic hydroxyl groups is 5. The molecule has 2 saturated heterocycles. The van der Waals surface area contributed by atoms with Crippen LogP contribution in [0.2, 0.25) is 0 Å². The molecule has 0 radical (unpaired) electrons. The van der Waals surface area contributed by atoms with E-state index in [1.165, 1.54) is 6.92 Å². The van der Waals surface area contributed by atoms with Crippen LogP contribution in [0.1, 0.15) is 20.3 Å². The van der Waals surface area contributed by atoms with Gasteiger partial charge in [0.1, 0.15) is 48.7 Å². The first-order valence-electron chi connectivity index (χ1n) is 10.2. The molecule has 0 spiro atoms. The maximum absolute atomic E-state index is 12.2. The van der Waals surface area contributed by atoms with Crippen molar-refractivity contribution in [2.75, 3.05) is 6.61 Å². The van der Waals surface area contributed by atoms with Crippen molar-refractivity contribution in [1.29, 1.82) is 0 Å². The Kier molecular flexibility index (Phi) is 9.48. The number of aliphatic hydroxyl groups excluding tert-OH is 5. The molecule has 0 saturated carbocycles. The molecule has 33 heavy (non-hydrogen) atoms. The van der Waals surface area contributed by atoms with Crippen LogP contribution in [-0.4, -0.2) is 122 Å². The molecule has 11 atom stereocenters. The summed E-state index contributed by atoms with van der Waals surface area (Å²) in [5.41, 5.74) is 5.33. The third kappa shape index (κ3) is 6.78. The van der Waals surface area contributed by atoms with Crippen molar-refractivity contribution in [3.63, 3.8) is 0 Å². The summed E-state index contributed by atoms with van der Waals surface area (Å²) in [4.78, 5) is 34.6. The Balaban J connectivity index is 2.09. The van der Waals surface area contributed by atoms with Crippen molar-refractivity contribution in [1.82, 2.24) is 10.6 Å². The Hall–Kier alpha value is -1.95. The second kappa shape index (κ2) is 11.5. The number of hydrogen-bond acceptors (Lipinski definition) is 12. The molecule has 2 heterocycles. The van der Waals surface area contributed by atoms with E-state index in [0.717, 1.165) is 6.92 Å². The van der Waals surface area contributed by atoms with Crippen LogP contribution in [0.5, 0.6) is 0 Å². The van der Waals surface area contributed by atoms with Crippen LogP contribution in [0.25, 0.3) is 0 Å². The third-order valence-electron chi connectivity index (χ3n) is 5.38. The van der Waals surface area contributed by atoms with E-state index in [9.17, 15) is 39.9 Å². The molecule has 0 aromatic rings. The molecule has 15 heteroatoms. The lowest BCUT2D eigenvalue weighted by Crippen LogP contribution is -2.68. The van der Waals surface area contributed by atoms with Crippen LogP contribution >= 0.6 is 0 Å². The lowest BCUT2D eigenvalue weighted by molar-refractivity contribution is -0.305. The normalized spacial score (nSPS) is 40.0. The SMILES string of the molecule is CC(=O)N[C@@H]1[C@@H](O)[C@H](O)[C@@H](CO[C@@H]2O[C@@H](C)[C@@H](O)[C@@H](O)[C@@H]2O)O[C@H]1NC(=O)C[C@H](N)C(=O)O. The van der Waals surface area contributed by atoms with Gasteiger partial charge in [0, 0.05) is 6.92 Å². The standard InChI is InChI=1S/C18H31N3O12/c1-5-11(24)14(27)15(28)18(32-5)31-4-8-12(25)13(26)10(20-6(2)22)16(33-8)21-9(23)3-7(19)17(29)30/h5,7-8,10-16,18,24-28H,3-4,19H2,1-2H3,(H,20,22)(H,21,23)(H,29,30)/t5-,7-,8+,10+,11+,12+,13+,14+,15-,16+,18+/m0/s1. The van der Waals surface area contributed by atoms with Crippen molar-refractivity contribution in [3.8, 4) is 0 Å². The first kappa shape index (κ1) is 27.3. The van der Waals surface area contributed by atoms with Gasteiger partial charge in [-0.1, -0.05) is 0 Å². The van der Waals surface area contributed by atoms with E-state index in [2.05, 4.69) is 10.6 Å². The highest BCUT2D eigenvalue weighted by atomic mass is 16.7. The average Bonchev–Trinajstić information content (AvgIpc) is 2.73. The Morgan fingerprint density at radius 3 is 2.18 bits per heavy atom. The van der Waals surface area contributed by atoms with Crippen molar-refractivity contribution < 1.29 is 59.2 Å². The molecule has 0 aromatic heterocycles. The van der Waals surface area contributed by atoms with E-state index < -0.39 is 98.1 Å². The summed E-state index contributed by atoms with van der Waals surface area (Å²) in [6.07, 6.45) is -13.4. The number of nitrogens with two attached hydrogens (primary N) is 1. The van der Waals surface area contributed by atoms with Crippen LogP contribution < -0.4 is 16.4 Å². The van der Waals surface area contributed by atoms with Gasteiger partial charge in [-0.3, -0.25) is 14.4 Å². The fraction of sp³-hybridized carbons (Fsp3) is 0.833. The maximum Gasteiger partial charge on any atom is 0.321 e. The minimum absolute atomic E-state index is 0.497. The molecule has 10 N–H and O–H groups in total. The summed E-state index contributed by atoms with van der Waals surface area (Å²) in [6.45, 7) is 2.08.